The third kappa shape index (κ3) is 3.44. The van der Waals surface area contributed by atoms with Gasteiger partial charge in [0.2, 0.25) is 0 Å². The Morgan fingerprint density at radius 2 is 1.97 bits per heavy atom. The van der Waals surface area contributed by atoms with Gasteiger partial charge in [0.05, 0.1) is 10.9 Å². The van der Waals surface area contributed by atoms with Crippen molar-refractivity contribution in [3.8, 4) is 23.5 Å². The van der Waals surface area contributed by atoms with E-state index in [-0.39, 0.29) is 16.9 Å². The highest BCUT2D eigenvalue weighted by Crippen LogP contribution is 2.61. The molecule has 0 radical (unpaired) electrons. The largest absolute Gasteiger partial charge is 0.383 e. The van der Waals surface area contributed by atoms with Gasteiger partial charge in [0.15, 0.2) is 0 Å². The second-order valence-electron chi connectivity index (χ2n) is 11.0. The molecule has 4 aromatic heterocycles. The first-order valence-corrected chi connectivity index (χ1v) is 13.2. The molecule has 2 aliphatic carbocycles. The Morgan fingerprint density at radius 3 is 2.74 bits per heavy atom. The van der Waals surface area contributed by atoms with E-state index in [0.29, 0.717) is 18.1 Å². The molecule has 39 heavy (non-hydrogen) atoms. The molecule has 194 valence electrons. The minimum atomic E-state index is -0.208. The molecule has 0 spiro atoms. The number of carbonyl (C=O) groups is 1. The number of amides is 1. The van der Waals surface area contributed by atoms with Gasteiger partial charge in [0.25, 0.3) is 5.91 Å². The van der Waals surface area contributed by atoms with Gasteiger partial charge in [-0.05, 0) is 55.7 Å². The minimum absolute atomic E-state index is 0.0000418. The molecule has 2 saturated carbocycles. The van der Waals surface area contributed by atoms with Crippen molar-refractivity contribution in [1.82, 2.24) is 34.6 Å². The standard InChI is InChI=1S/C30H28N8O/c1-3-22-24(20-14-19-6-4-5-7-21(19)32-15-20)25-26(31)34-18-35-27(25)38(22)30-11-9-29(16-30,10-12-30)17-33-28(39)23-8-13-36-37(23)2/h1,4-8,13-15,18H,9-12,16-17H2,2H3,(H,33,39)(H2,31,34,35). The van der Waals surface area contributed by atoms with Crippen LogP contribution in [-0.4, -0.2) is 41.8 Å². The second-order valence-corrected chi connectivity index (χ2v) is 11.0. The van der Waals surface area contributed by atoms with Gasteiger partial charge in [-0.25, -0.2) is 9.97 Å². The van der Waals surface area contributed by atoms with Crippen molar-refractivity contribution in [2.45, 2.75) is 37.6 Å². The van der Waals surface area contributed by atoms with Gasteiger partial charge in [-0.1, -0.05) is 24.1 Å². The number of rotatable bonds is 5. The lowest BCUT2D eigenvalue weighted by molar-refractivity contribution is 0.0921. The number of nitrogens with two attached hydrogens (primary N) is 1. The van der Waals surface area contributed by atoms with Gasteiger partial charge >= 0.3 is 0 Å². The zero-order valence-electron chi connectivity index (χ0n) is 21.7. The Balaban J connectivity index is 1.31. The number of para-hydroxylation sites is 1. The maximum Gasteiger partial charge on any atom is 0.269 e. The molecule has 2 bridgehead atoms. The number of fused-ring (bicyclic) bond motifs is 4. The van der Waals surface area contributed by atoms with E-state index in [1.54, 1.807) is 24.0 Å². The maximum atomic E-state index is 12.8. The van der Waals surface area contributed by atoms with E-state index < -0.39 is 0 Å². The average Bonchev–Trinajstić information content (AvgIpc) is 3.72. The number of pyridine rings is 1. The number of nitrogens with one attached hydrogen (secondary N) is 1. The van der Waals surface area contributed by atoms with Crippen molar-refractivity contribution in [3.63, 3.8) is 0 Å². The van der Waals surface area contributed by atoms with E-state index in [4.69, 9.17) is 22.1 Å². The molecular formula is C30H28N8O. The number of nitrogen functional groups attached to an aromatic ring is 1. The highest BCUT2D eigenvalue weighted by molar-refractivity contribution is 6.04. The van der Waals surface area contributed by atoms with Crippen molar-refractivity contribution in [1.29, 1.82) is 0 Å². The molecule has 5 aromatic rings. The van der Waals surface area contributed by atoms with Crippen LogP contribution in [0.3, 0.4) is 0 Å². The summed E-state index contributed by atoms with van der Waals surface area (Å²) in [6, 6.07) is 11.8. The molecule has 4 heterocycles. The first-order valence-electron chi connectivity index (χ1n) is 13.2. The number of hydrogen-bond donors (Lipinski definition) is 2. The Kier molecular flexibility index (Phi) is 5.04. The predicted molar refractivity (Wildman–Crippen MR) is 150 cm³/mol. The van der Waals surface area contributed by atoms with Crippen LogP contribution in [-0.2, 0) is 12.6 Å². The Morgan fingerprint density at radius 1 is 1.15 bits per heavy atom. The Labute approximate surface area is 225 Å². The molecule has 0 aliphatic heterocycles. The van der Waals surface area contributed by atoms with Crippen LogP contribution in [0.4, 0.5) is 5.82 Å². The summed E-state index contributed by atoms with van der Waals surface area (Å²) >= 11 is 0. The molecule has 9 nitrogen and oxygen atoms in total. The van der Waals surface area contributed by atoms with Gasteiger partial charge in [0.1, 0.15) is 29.2 Å². The van der Waals surface area contributed by atoms with Crippen LogP contribution >= 0.6 is 0 Å². The van der Waals surface area contributed by atoms with Crippen LogP contribution in [0.15, 0.2) is 55.1 Å². The zero-order chi connectivity index (χ0) is 26.8. The highest BCUT2D eigenvalue weighted by Gasteiger charge is 2.56. The second kappa shape index (κ2) is 8.40. The highest BCUT2D eigenvalue weighted by atomic mass is 16.2. The Hall–Kier alpha value is -4.71. The Bertz CT molecular complexity index is 1820. The first-order chi connectivity index (χ1) is 18.9. The summed E-state index contributed by atoms with van der Waals surface area (Å²) in [6.45, 7) is 0.613. The molecule has 3 N–H and O–H groups in total. The first kappa shape index (κ1) is 23.4. The van der Waals surface area contributed by atoms with Crippen molar-refractivity contribution in [3.05, 3.63) is 66.5 Å². The number of aromatic nitrogens is 6. The maximum absolute atomic E-state index is 12.8. The number of carbonyl (C=O) groups excluding carboxylic acids is 1. The van der Waals surface area contributed by atoms with Crippen molar-refractivity contribution >= 4 is 33.7 Å². The van der Waals surface area contributed by atoms with Crippen LogP contribution in [0.25, 0.3) is 33.1 Å². The monoisotopic (exact) mass is 516 g/mol. The summed E-state index contributed by atoms with van der Waals surface area (Å²) in [7, 11) is 1.78. The van der Waals surface area contributed by atoms with Crippen LogP contribution in [0.1, 0.15) is 48.3 Å². The number of nitrogens with zero attached hydrogens (tertiary/aromatic N) is 6. The number of terminal acetylenes is 1. The van der Waals surface area contributed by atoms with Crippen LogP contribution < -0.4 is 11.1 Å². The predicted octanol–water partition coefficient (Wildman–Crippen LogP) is 4.03. The molecule has 2 aliphatic rings. The summed E-state index contributed by atoms with van der Waals surface area (Å²) in [5.41, 5.74) is 11.0. The molecule has 2 fully saturated rings. The van der Waals surface area contributed by atoms with Gasteiger partial charge < -0.3 is 15.6 Å². The normalized spacial score (nSPS) is 21.9. The van der Waals surface area contributed by atoms with Gasteiger partial charge in [-0.15, -0.1) is 6.42 Å². The fraction of sp³-hybridized carbons (Fsp3) is 0.300. The van der Waals surface area contributed by atoms with E-state index >= 15 is 0 Å². The van der Waals surface area contributed by atoms with E-state index in [0.717, 1.165) is 70.9 Å². The smallest absolute Gasteiger partial charge is 0.269 e. The molecule has 1 aromatic carbocycles. The van der Waals surface area contributed by atoms with Gasteiger partial charge in [-0.2, -0.15) is 5.10 Å². The van der Waals surface area contributed by atoms with Crippen molar-refractivity contribution in [2.75, 3.05) is 12.3 Å². The molecule has 0 atom stereocenters. The number of anilines is 1. The minimum Gasteiger partial charge on any atom is -0.383 e. The summed E-state index contributed by atoms with van der Waals surface area (Å²) in [5.74, 6) is 3.30. The average molecular weight is 517 g/mol. The zero-order valence-corrected chi connectivity index (χ0v) is 21.7. The van der Waals surface area contributed by atoms with Crippen LogP contribution in [0.5, 0.6) is 0 Å². The number of aryl methyl sites for hydroxylation is 1. The van der Waals surface area contributed by atoms with E-state index in [2.05, 4.69) is 32.0 Å². The molecule has 0 saturated heterocycles. The lowest BCUT2D eigenvalue weighted by Crippen LogP contribution is -2.35. The summed E-state index contributed by atoms with van der Waals surface area (Å²) in [4.78, 5) is 26.6. The van der Waals surface area contributed by atoms with Gasteiger partial charge in [0, 0.05) is 48.0 Å². The SMILES string of the molecule is C#Cc1c(-c2cnc3ccccc3c2)c2c(N)ncnc2n1C12CCC(CNC(=O)c3ccnn3C)(CC1)C2. The third-order valence-corrected chi connectivity index (χ3v) is 8.89. The molecule has 0 unspecified atom stereocenters. The topological polar surface area (TPSA) is 117 Å². The number of hydrogen-bond acceptors (Lipinski definition) is 6. The van der Waals surface area contributed by atoms with Crippen LogP contribution in [0.2, 0.25) is 0 Å². The van der Waals surface area contributed by atoms with E-state index in [9.17, 15) is 4.79 Å². The molecular weight excluding hydrogens is 488 g/mol. The van der Waals surface area contributed by atoms with Gasteiger partial charge in [-0.3, -0.25) is 14.5 Å². The van der Waals surface area contributed by atoms with Crippen LogP contribution in [0, 0.1) is 17.8 Å². The van der Waals surface area contributed by atoms with E-state index in [1.165, 1.54) is 6.33 Å². The van der Waals surface area contributed by atoms with Crippen molar-refractivity contribution in [2.24, 2.45) is 12.5 Å². The molecule has 1 amide bonds. The molecule has 7 rings (SSSR count). The van der Waals surface area contributed by atoms with E-state index in [1.807, 2.05) is 30.5 Å². The summed E-state index contributed by atoms with van der Waals surface area (Å²) in [5, 5.41) is 9.09. The fourth-order valence-electron chi connectivity index (χ4n) is 7.02. The summed E-state index contributed by atoms with van der Waals surface area (Å²) in [6.07, 6.45) is 16.1. The van der Waals surface area contributed by atoms with Crippen molar-refractivity contribution < 1.29 is 4.79 Å². The fourth-order valence-corrected chi connectivity index (χ4v) is 7.02. The quantitative estimate of drug-likeness (QED) is 0.341. The third-order valence-electron chi connectivity index (χ3n) is 8.89. The lowest BCUT2D eigenvalue weighted by Gasteiger charge is -2.31. The molecule has 9 heteroatoms. The summed E-state index contributed by atoms with van der Waals surface area (Å²) < 4.78 is 3.85. The lowest BCUT2D eigenvalue weighted by atomic mass is 9.84. The number of benzene rings is 1.